The zero-order chi connectivity index (χ0) is 24.9. The number of rotatable bonds is 9. The topological polar surface area (TPSA) is 133 Å². The van der Waals surface area contributed by atoms with Gasteiger partial charge in [-0.3, -0.25) is 9.78 Å². The highest BCUT2D eigenvalue weighted by Gasteiger charge is 2.27. The zero-order valence-electron chi connectivity index (χ0n) is 19.3. The summed E-state index contributed by atoms with van der Waals surface area (Å²) >= 11 is 0. The number of hydrogen-bond donors (Lipinski definition) is 2. The second-order valence-electron chi connectivity index (χ2n) is 7.35. The minimum atomic E-state index is -0.648. The summed E-state index contributed by atoms with van der Waals surface area (Å²) in [5, 5.41) is 19.2. The number of hydrogen-bond acceptors (Lipinski definition) is 9. The number of aromatic hydroxyl groups is 1. The molecule has 4 aromatic rings. The Hall–Kier alpha value is -4.25. The molecule has 0 bridgehead atoms. The molecule has 0 fully saturated rings. The largest absolute Gasteiger partial charge is 0.506 e. The second kappa shape index (κ2) is 10.3. The summed E-state index contributed by atoms with van der Waals surface area (Å²) in [6.45, 7) is 2.21. The zero-order valence-corrected chi connectivity index (χ0v) is 19.3. The Morgan fingerprint density at radius 2 is 1.80 bits per heavy atom. The first-order chi connectivity index (χ1) is 17.0. The van der Waals surface area contributed by atoms with E-state index in [2.05, 4.69) is 20.2 Å². The second-order valence-corrected chi connectivity index (χ2v) is 7.35. The number of nitrogens with zero attached hydrogens (tertiary/aromatic N) is 3. The van der Waals surface area contributed by atoms with Crippen LogP contribution in [0.15, 0.2) is 45.7 Å². The predicted octanol–water partition coefficient (Wildman–Crippen LogP) is 3.48. The standard InChI is InChI=1S/C24H23FN4O6/c1-4-34-12-15-19(20-16(32-2)6-5-7-17(20)33-3)22(30)21(23(31)27-15)24-29-28-18(35-24)10-14-9-8-13(25)11-26-14/h5-9,11H,4,10,12H2,1-3H3,(H2,27,30,31). The third-order valence-corrected chi connectivity index (χ3v) is 5.20. The van der Waals surface area contributed by atoms with Crippen molar-refractivity contribution in [1.29, 1.82) is 0 Å². The number of methoxy groups -OCH3 is 2. The summed E-state index contributed by atoms with van der Waals surface area (Å²) in [6.07, 6.45) is 1.19. The molecule has 182 valence electrons. The molecule has 3 heterocycles. The molecule has 4 rings (SSSR count). The SMILES string of the molecule is CCOCc1[nH]c(=O)c(-c2nnc(Cc3ccc(F)cn3)o2)c(O)c1-c1c(OC)cccc1OC. The van der Waals surface area contributed by atoms with E-state index in [0.717, 1.165) is 6.20 Å². The van der Waals surface area contributed by atoms with E-state index in [1.165, 1.54) is 26.4 Å². The molecule has 0 unspecified atom stereocenters. The van der Waals surface area contributed by atoms with Gasteiger partial charge >= 0.3 is 0 Å². The highest BCUT2D eigenvalue weighted by atomic mass is 19.1. The van der Waals surface area contributed by atoms with Gasteiger partial charge in [0.15, 0.2) is 0 Å². The molecule has 1 aromatic carbocycles. The molecule has 3 aromatic heterocycles. The molecule has 0 aliphatic rings. The normalized spacial score (nSPS) is 11.0. The number of aromatic amines is 1. The third-order valence-electron chi connectivity index (χ3n) is 5.20. The first-order valence-corrected chi connectivity index (χ1v) is 10.7. The van der Waals surface area contributed by atoms with E-state index in [9.17, 15) is 14.3 Å². The smallest absolute Gasteiger partial charge is 0.264 e. The van der Waals surface area contributed by atoms with Crippen LogP contribution in [0, 0.1) is 5.82 Å². The molecule has 0 aliphatic carbocycles. The summed E-state index contributed by atoms with van der Waals surface area (Å²) < 4.78 is 35.3. The lowest BCUT2D eigenvalue weighted by Crippen LogP contribution is -2.15. The van der Waals surface area contributed by atoms with Crippen molar-refractivity contribution in [3.05, 3.63) is 70.0 Å². The van der Waals surface area contributed by atoms with Crippen LogP contribution in [-0.4, -0.2) is 46.1 Å². The lowest BCUT2D eigenvalue weighted by molar-refractivity contribution is 0.131. The Morgan fingerprint density at radius 3 is 2.43 bits per heavy atom. The fraction of sp³-hybridized carbons (Fsp3) is 0.250. The summed E-state index contributed by atoms with van der Waals surface area (Å²) in [5.74, 6) is -0.121. The van der Waals surface area contributed by atoms with Crippen molar-refractivity contribution in [3.8, 4) is 39.8 Å². The van der Waals surface area contributed by atoms with Gasteiger partial charge < -0.3 is 28.7 Å². The van der Waals surface area contributed by atoms with Crippen LogP contribution in [0.25, 0.3) is 22.6 Å². The van der Waals surface area contributed by atoms with Crippen molar-refractivity contribution in [3.63, 3.8) is 0 Å². The van der Waals surface area contributed by atoms with Gasteiger partial charge in [0.25, 0.3) is 11.4 Å². The predicted molar refractivity (Wildman–Crippen MR) is 123 cm³/mol. The molecule has 0 radical (unpaired) electrons. The Morgan fingerprint density at radius 1 is 1.06 bits per heavy atom. The van der Waals surface area contributed by atoms with Gasteiger partial charge in [0, 0.05) is 12.3 Å². The maximum absolute atomic E-state index is 13.1. The monoisotopic (exact) mass is 482 g/mol. The first kappa shape index (κ1) is 23.9. The van der Waals surface area contributed by atoms with E-state index in [1.807, 2.05) is 6.92 Å². The van der Waals surface area contributed by atoms with Gasteiger partial charge in [-0.15, -0.1) is 10.2 Å². The van der Waals surface area contributed by atoms with Crippen LogP contribution in [0.1, 0.15) is 24.2 Å². The van der Waals surface area contributed by atoms with Crippen LogP contribution in [0.5, 0.6) is 17.2 Å². The average Bonchev–Trinajstić information content (AvgIpc) is 3.31. The van der Waals surface area contributed by atoms with Crippen LogP contribution < -0.4 is 15.0 Å². The minimum absolute atomic E-state index is 0.0153. The molecule has 0 aliphatic heterocycles. The number of benzene rings is 1. The number of halogens is 1. The quantitative estimate of drug-likeness (QED) is 0.368. The van der Waals surface area contributed by atoms with E-state index in [4.69, 9.17) is 18.6 Å². The van der Waals surface area contributed by atoms with Gasteiger partial charge in [0.2, 0.25) is 5.89 Å². The Kier molecular flexibility index (Phi) is 7.06. The Bertz CT molecular complexity index is 1360. The highest BCUT2D eigenvalue weighted by Crippen LogP contribution is 2.46. The van der Waals surface area contributed by atoms with Crippen LogP contribution in [0.4, 0.5) is 4.39 Å². The fourth-order valence-corrected chi connectivity index (χ4v) is 3.61. The molecular weight excluding hydrogens is 459 g/mol. The molecular formula is C24H23FN4O6. The maximum Gasteiger partial charge on any atom is 0.264 e. The summed E-state index contributed by atoms with van der Waals surface area (Å²) in [6, 6.07) is 7.89. The molecule has 0 atom stereocenters. The molecule has 0 spiro atoms. The van der Waals surface area contributed by atoms with Gasteiger partial charge in [-0.2, -0.15) is 0 Å². The molecule has 10 nitrogen and oxygen atoms in total. The number of nitrogens with one attached hydrogen (secondary N) is 1. The van der Waals surface area contributed by atoms with Crippen molar-refractivity contribution in [2.45, 2.75) is 20.0 Å². The molecule has 35 heavy (non-hydrogen) atoms. The number of ether oxygens (including phenoxy) is 3. The van der Waals surface area contributed by atoms with Crippen molar-refractivity contribution in [1.82, 2.24) is 20.2 Å². The average molecular weight is 482 g/mol. The van der Waals surface area contributed by atoms with Crippen molar-refractivity contribution < 1.29 is 28.1 Å². The van der Waals surface area contributed by atoms with E-state index >= 15 is 0 Å². The fourth-order valence-electron chi connectivity index (χ4n) is 3.61. The van der Waals surface area contributed by atoms with E-state index in [-0.39, 0.29) is 35.9 Å². The minimum Gasteiger partial charge on any atom is -0.506 e. The number of pyridine rings is 2. The molecule has 11 heteroatoms. The number of aromatic nitrogens is 4. The summed E-state index contributed by atoms with van der Waals surface area (Å²) in [4.78, 5) is 19.7. The molecule has 0 saturated carbocycles. The van der Waals surface area contributed by atoms with Crippen molar-refractivity contribution in [2.75, 3.05) is 20.8 Å². The van der Waals surface area contributed by atoms with E-state index < -0.39 is 17.1 Å². The van der Waals surface area contributed by atoms with Gasteiger partial charge in [0.05, 0.1) is 50.3 Å². The van der Waals surface area contributed by atoms with Crippen LogP contribution >= 0.6 is 0 Å². The van der Waals surface area contributed by atoms with Gasteiger partial charge in [-0.05, 0) is 31.2 Å². The summed E-state index contributed by atoms with van der Waals surface area (Å²) in [7, 11) is 2.97. The maximum atomic E-state index is 13.1. The molecule has 0 saturated heterocycles. The van der Waals surface area contributed by atoms with Crippen LogP contribution in [-0.2, 0) is 17.8 Å². The van der Waals surface area contributed by atoms with E-state index in [0.29, 0.717) is 35.1 Å². The van der Waals surface area contributed by atoms with Gasteiger partial charge in [-0.1, -0.05) is 6.07 Å². The lowest BCUT2D eigenvalue weighted by atomic mass is 9.98. The van der Waals surface area contributed by atoms with Crippen LogP contribution in [0.2, 0.25) is 0 Å². The highest BCUT2D eigenvalue weighted by molar-refractivity contribution is 5.86. The first-order valence-electron chi connectivity index (χ1n) is 10.7. The lowest BCUT2D eigenvalue weighted by Gasteiger charge is -2.18. The number of H-pyrrole nitrogens is 1. The molecule has 2 N–H and O–H groups in total. The van der Waals surface area contributed by atoms with Crippen molar-refractivity contribution >= 4 is 0 Å². The third kappa shape index (κ3) is 4.85. The van der Waals surface area contributed by atoms with Gasteiger partial charge in [-0.25, -0.2) is 4.39 Å². The van der Waals surface area contributed by atoms with Gasteiger partial charge in [0.1, 0.15) is 28.6 Å². The Balaban J connectivity index is 1.86. The van der Waals surface area contributed by atoms with Crippen molar-refractivity contribution in [2.24, 2.45) is 0 Å². The van der Waals surface area contributed by atoms with E-state index in [1.54, 1.807) is 18.2 Å². The molecule has 0 amide bonds. The summed E-state index contributed by atoms with van der Waals surface area (Å²) in [5.41, 5.74) is 0.589. The van der Waals surface area contributed by atoms with Crippen LogP contribution in [0.3, 0.4) is 0 Å². The Labute approximate surface area is 199 Å².